The Morgan fingerprint density at radius 3 is 2.71 bits per heavy atom. The van der Waals surface area contributed by atoms with Gasteiger partial charge in [-0.05, 0) is 23.8 Å². The molecule has 0 unspecified atom stereocenters. The summed E-state index contributed by atoms with van der Waals surface area (Å²) in [6.07, 6.45) is -0.0152. The molecule has 0 radical (unpaired) electrons. The highest BCUT2D eigenvalue weighted by molar-refractivity contribution is 5.94. The van der Waals surface area contributed by atoms with Gasteiger partial charge >= 0.3 is 0 Å². The van der Waals surface area contributed by atoms with Crippen LogP contribution in [0.25, 0.3) is 0 Å². The number of amides is 1. The van der Waals surface area contributed by atoms with Gasteiger partial charge in [0.05, 0.1) is 11.3 Å². The molecule has 21 heavy (non-hydrogen) atoms. The first-order valence-electron chi connectivity index (χ1n) is 6.04. The van der Waals surface area contributed by atoms with E-state index < -0.39 is 16.6 Å². The molecule has 0 atom stereocenters. The molecule has 1 amide bonds. The Labute approximate surface area is 119 Å². The molecule has 0 saturated heterocycles. The van der Waals surface area contributed by atoms with Gasteiger partial charge in [-0.3, -0.25) is 14.9 Å². The van der Waals surface area contributed by atoms with Gasteiger partial charge in [-0.15, -0.1) is 0 Å². The molecule has 0 aliphatic heterocycles. The fourth-order valence-electron chi connectivity index (χ4n) is 1.85. The number of carbonyl (C=O) groups excluding carboxylic acids is 1. The molecular weight excluding hydrogens is 277 g/mol. The number of nitrogens with zero attached hydrogens (tertiary/aromatic N) is 1. The molecule has 0 bridgehead atoms. The van der Waals surface area contributed by atoms with Crippen LogP contribution >= 0.6 is 0 Å². The van der Waals surface area contributed by atoms with Crippen molar-refractivity contribution in [3.63, 3.8) is 0 Å². The molecular formula is C14H12FN3O3. The summed E-state index contributed by atoms with van der Waals surface area (Å²) in [5, 5.41) is 13.2. The Morgan fingerprint density at radius 1 is 1.29 bits per heavy atom. The summed E-state index contributed by atoms with van der Waals surface area (Å²) in [4.78, 5) is 22.0. The van der Waals surface area contributed by atoms with Crippen LogP contribution in [0.5, 0.6) is 0 Å². The van der Waals surface area contributed by atoms with Gasteiger partial charge in [0, 0.05) is 17.8 Å². The minimum atomic E-state index is -0.685. The summed E-state index contributed by atoms with van der Waals surface area (Å²) in [5.74, 6) is -1.16. The molecule has 2 aromatic carbocycles. The highest BCUT2D eigenvalue weighted by Crippen LogP contribution is 2.25. The number of benzene rings is 2. The number of nitrogens with one attached hydrogen (secondary N) is 1. The number of nitro groups is 1. The number of nitro benzene ring substituents is 1. The Morgan fingerprint density at radius 2 is 2.05 bits per heavy atom. The van der Waals surface area contributed by atoms with Crippen molar-refractivity contribution in [2.45, 2.75) is 6.42 Å². The highest BCUT2D eigenvalue weighted by Gasteiger charge is 2.16. The quantitative estimate of drug-likeness (QED) is 0.513. The van der Waals surface area contributed by atoms with Crippen molar-refractivity contribution in [1.82, 2.24) is 0 Å². The number of hydrogen-bond donors (Lipinski definition) is 2. The number of carbonyl (C=O) groups is 1. The van der Waals surface area contributed by atoms with Crippen molar-refractivity contribution in [2.75, 3.05) is 11.1 Å². The van der Waals surface area contributed by atoms with Crippen LogP contribution in [0.4, 0.5) is 21.5 Å². The zero-order valence-corrected chi connectivity index (χ0v) is 10.9. The second-order valence-corrected chi connectivity index (χ2v) is 4.39. The maximum atomic E-state index is 13.2. The molecule has 0 aliphatic carbocycles. The smallest absolute Gasteiger partial charge is 0.292 e. The third-order valence-corrected chi connectivity index (χ3v) is 2.75. The molecule has 2 aromatic rings. The predicted molar refractivity (Wildman–Crippen MR) is 76.2 cm³/mol. The molecule has 2 rings (SSSR count). The maximum Gasteiger partial charge on any atom is 0.292 e. The average molecular weight is 289 g/mol. The van der Waals surface area contributed by atoms with Crippen LogP contribution in [0.1, 0.15) is 5.56 Å². The summed E-state index contributed by atoms with van der Waals surface area (Å²) >= 11 is 0. The normalized spacial score (nSPS) is 10.1. The maximum absolute atomic E-state index is 13.2. The molecule has 0 saturated carbocycles. The topological polar surface area (TPSA) is 98.3 Å². The minimum absolute atomic E-state index is 0.0152. The molecule has 0 spiro atoms. The molecule has 6 nitrogen and oxygen atoms in total. The Hall–Kier alpha value is -2.96. The van der Waals surface area contributed by atoms with E-state index in [-0.39, 0.29) is 17.8 Å². The van der Waals surface area contributed by atoms with E-state index in [9.17, 15) is 19.3 Å². The molecule has 3 N–H and O–H groups in total. The molecule has 0 aromatic heterocycles. The van der Waals surface area contributed by atoms with E-state index in [1.165, 1.54) is 0 Å². The summed E-state index contributed by atoms with van der Waals surface area (Å²) in [6, 6.07) is 9.59. The third-order valence-electron chi connectivity index (χ3n) is 2.75. The number of nitrogens with two attached hydrogens (primary N) is 1. The fraction of sp³-hybridized carbons (Fsp3) is 0.0714. The van der Waals surface area contributed by atoms with Gasteiger partial charge in [-0.2, -0.15) is 0 Å². The van der Waals surface area contributed by atoms with Crippen molar-refractivity contribution in [3.8, 4) is 0 Å². The predicted octanol–water partition coefficient (Wildman–Crippen LogP) is 2.50. The zero-order valence-electron chi connectivity index (χ0n) is 10.9. The monoisotopic (exact) mass is 289 g/mol. The number of rotatable bonds is 4. The first-order chi connectivity index (χ1) is 9.95. The lowest BCUT2D eigenvalue weighted by Crippen LogP contribution is -2.15. The van der Waals surface area contributed by atoms with Gasteiger partial charge in [0.1, 0.15) is 11.5 Å². The van der Waals surface area contributed by atoms with E-state index in [0.29, 0.717) is 11.3 Å². The van der Waals surface area contributed by atoms with E-state index in [1.54, 1.807) is 24.3 Å². The van der Waals surface area contributed by atoms with Crippen LogP contribution < -0.4 is 11.1 Å². The number of anilines is 2. The van der Waals surface area contributed by atoms with Gasteiger partial charge in [-0.1, -0.05) is 12.1 Å². The van der Waals surface area contributed by atoms with E-state index in [0.717, 1.165) is 18.2 Å². The summed E-state index contributed by atoms with van der Waals surface area (Å²) in [6.45, 7) is 0. The Bertz CT molecular complexity index is 704. The van der Waals surface area contributed by atoms with Crippen molar-refractivity contribution < 1.29 is 14.1 Å². The van der Waals surface area contributed by atoms with E-state index >= 15 is 0 Å². The van der Waals surface area contributed by atoms with Gasteiger partial charge in [0.15, 0.2) is 0 Å². The number of halogens is 1. The summed E-state index contributed by atoms with van der Waals surface area (Å²) in [5.41, 5.74) is 6.23. The minimum Gasteiger partial charge on any atom is -0.399 e. The SMILES string of the molecule is Nc1cccc(CC(=O)Nc2cc(F)ccc2[N+](=O)[O-])c1. The van der Waals surface area contributed by atoms with Gasteiger partial charge in [0.2, 0.25) is 5.91 Å². The van der Waals surface area contributed by atoms with Crippen molar-refractivity contribution in [2.24, 2.45) is 0 Å². The third kappa shape index (κ3) is 3.75. The average Bonchev–Trinajstić information content (AvgIpc) is 2.38. The zero-order chi connectivity index (χ0) is 15.4. The lowest BCUT2D eigenvalue weighted by molar-refractivity contribution is -0.384. The van der Waals surface area contributed by atoms with Crippen LogP contribution in [0, 0.1) is 15.9 Å². The first kappa shape index (κ1) is 14.4. The lowest BCUT2D eigenvalue weighted by atomic mass is 10.1. The van der Waals surface area contributed by atoms with Crippen LogP contribution in [0.2, 0.25) is 0 Å². The Balaban J connectivity index is 2.16. The highest BCUT2D eigenvalue weighted by atomic mass is 19.1. The molecule has 108 valence electrons. The van der Waals surface area contributed by atoms with Gasteiger partial charge < -0.3 is 11.1 Å². The second-order valence-electron chi connectivity index (χ2n) is 4.39. The lowest BCUT2D eigenvalue weighted by Gasteiger charge is -2.06. The second kappa shape index (κ2) is 6.00. The number of hydrogen-bond acceptors (Lipinski definition) is 4. The van der Waals surface area contributed by atoms with E-state index in [4.69, 9.17) is 5.73 Å². The first-order valence-corrected chi connectivity index (χ1v) is 6.04. The van der Waals surface area contributed by atoms with Crippen molar-refractivity contribution >= 4 is 23.0 Å². The Kier molecular flexibility index (Phi) is 4.13. The van der Waals surface area contributed by atoms with Crippen LogP contribution in [0.15, 0.2) is 42.5 Å². The van der Waals surface area contributed by atoms with E-state index in [1.807, 2.05) is 0 Å². The molecule has 0 fully saturated rings. The number of nitrogen functional groups attached to an aromatic ring is 1. The van der Waals surface area contributed by atoms with Crippen molar-refractivity contribution in [1.29, 1.82) is 0 Å². The molecule has 0 aliphatic rings. The fourth-order valence-corrected chi connectivity index (χ4v) is 1.85. The van der Waals surface area contributed by atoms with Crippen LogP contribution in [0.3, 0.4) is 0 Å². The van der Waals surface area contributed by atoms with Gasteiger partial charge in [-0.25, -0.2) is 4.39 Å². The summed E-state index contributed by atoms with van der Waals surface area (Å²) < 4.78 is 13.2. The molecule has 7 heteroatoms. The van der Waals surface area contributed by atoms with Crippen molar-refractivity contribution in [3.05, 3.63) is 64.0 Å². The summed E-state index contributed by atoms with van der Waals surface area (Å²) in [7, 11) is 0. The van der Waals surface area contributed by atoms with Gasteiger partial charge in [0.25, 0.3) is 5.69 Å². The van der Waals surface area contributed by atoms with Crippen LogP contribution in [-0.2, 0) is 11.2 Å². The van der Waals surface area contributed by atoms with E-state index in [2.05, 4.69) is 5.32 Å². The largest absolute Gasteiger partial charge is 0.399 e. The van der Waals surface area contributed by atoms with Crippen LogP contribution in [-0.4, -0.2) is 10.8 Å². The standard InChI is InChI=1S/C14H12FN3O3/c15-10-4-5-13(18(20)21)12(8-10)17-14(19)7-9-2-1-3-11(16)6-9/h1-6,8H,7,16H2,(H,17,19). The molecule has 0 heterocycles.